The van der Waals surface area contributed by atoms with E-state index in [0.717, 1.165) is 17.7 Å². The average Bonchev–Trinajstić information content (AvgIpc) is 2.88. The van der Waals surface area contributed by atoms with Gasteiger partial charge in [-0.3, -0.25) is 14.4 Å². The molecule has 0 aliphatic carbocycles. The number of nitrogens with zero attached hydrogens (tertiary/aromatic N) is 2. The number of aromatic nitrogens is 1. The van der Waals surface area contributed by atoms with E-state index in [1.165, 1.54) is 12.1 Å². The van der Waals surface area contributed by atoms with E-state index in [-0.39, 0.29) is 53.2 Å². The highest BCUT2D eigenvalue weighted by Gasteiger charge is 2.38. The highest BCUT2D eigenvalue weighted by Crippen LogP contribution is 2.51. The molecule has 0 atom stereocenters. The van der Waals surface area contributed by atoms with Crippen molar-refractivity contribution in [2.24, 2.45) is 0 Å². The van der Waals surface area contributed by atoms with Crippen molar-refractivity contribution in [1.29, 1.82) is 0 Å². The molecule has 1 heterocycles. The fourth-order valence-corrected chi connectivity index (χ4v) is 6.38. The molecule has 0 aliphatic heterocycles. The van der Waals surface area contributed by atoms with Crippen molar-refractivity contribution in [2.45, 2.75) is 40.4 Å². The van der Waals surface area contributed by atoms with Gasteiger partial charge < -0.3 is 13.8 Å². The highest BCUT2D eigenvalue weighted by molar-refractivity contribution is 7.62. The second-order valence-corrected chi connectivity index (χ2v) is 11.1. The number of ether oxygens (including phenoxy) is 1. The van der Waals surface area contributed by atoms with Gasteiger partial charge in [-0.2, -0.15) is 13.2 Å². The normalized spacial score (nSPS) is 12.1. The molecule has 7 nitrogen and oxygen atoms in total. The quantitative estimate of drug-likeness (QED) is 0.178. The third-order valence-electron chi connectivity index (χ3n) is 6.08. The van der Waals surface area contributed by atoms with Gasteiger partial charge in [0, 0.05) is 18.7 Å². The molecule has 3 rings (SSSR count). The first kappa shape index (κ1) is 31.5. The monoisotopic (exact) mass is 578 g/mol. The van der Waals surface area contributed by atoms with E-state index in [0.29, 0.717) is 13.1 Å². The maximum absolute atomic E-state index is 14.0. The first-order chi connectivity index (χ1) is 18.9. The number of rotatable bonds is 12. The van der Waals surface area contributed by atoms with Gasteiger partial charge in [0.05, 0.1) is 41.0 Å². The van der Waals surface area contributed by atoms with Crippen LogP contribution in [0.2, 0.25) is 0 Å². The molecule has 2 aromatic carbocycles. The van der Waals surface area contributed by atoms with Crippen molar-refractivity contribution >= 4 is 18.9 Å². The standard InChI is InChI=1S/C29H34F3N2O5P/c1-6-38-40(36,39-7-2)27-21(4)33-20(3)25(26(27)23-14-11-15-24(18-23)29(30,31)32)28(35)37-17-16-34(5)19-22-12-9-8-10-13-22/h8-15,18H,6-7,16-17,19H2,1-5H3. The Morgan fingerprint density at radius 1 is 0.975 bits per heavy atom. The van der Waals surface area contributed by atoms with Crippen LogP contribution < -0.4 is 5.30 Å². The van der Waals surface area contributed by atoms with Crippen molar-refractivity contribution in [1.82, 2.24) is 9.88 Å². The number of hydrogen-bond donors (Lipinski definition) is 0. The summed E-state index contributed by atoms with van der Waals surface area (Å²) in [6, 6.07) is 14.3. The van der Waals surface area contributed by atoms with E-state index in [1.807, 2.05) is 42.3 Å². The Morgan fingerprint density at radius 2 is 1.62 bits per heavy atom. The van der Waals surface area contributed by atoms with E-state index in [9.17, 15) is 22.5 Å². The zero-order valence-electron chi connectivity index (χ0n) is 23.2. The summed E-state index contributed by atoms with van der Waals surface area (Å²) in [5.74, 6) is -0.800. The predicted molar refractivity (Wildman–Crippen MR) is 148 cm³/mol. The summed E-state index contributed by atoms with van der Waals surface area (Å²) in [5.41, 5.74) is 0.520. The summed E-state index contributed by atoms with van der Waals surface area (Å²) in [5, 5.41) is -0.0609. The number of aryl methyl sites for hydroxylation is 2. The van der Waals surface area contributed by atoms with Gasteiger partial charge in [-0.1, -0.05) is 42.5 Å². The van der Waals surface area contributed by atoms with E-state index >= 15 is 0 Å². The molecule has 1 aromatic heterocycles. The largest absolute Gasteiger partial charge is 0.461 e. The molecule has 0 radical (unpaired) electrons. The van der Waals surface area contributed by atoms with Crippen LogP contribution >= 0.6 is 7.60 Å². The Hall–Kier alpha value is -3.04. The van der Waals surface area contributed by atoms with Crippen LogP contribution in [0.15, 0.2) is 54.6 Å². The maximum atomic E-state index is 14.0. The van der Waals surface area contributed by atoms with Gasteiger partial charge >= 0.3 is 19.7 Å². The van der Waals surface area contributed by atoms with E-state index in [4.69, 9.17) is 13.8 Å². The number of carbonyl (C=O) groups is 1. The van der Waals surface area contributed by atoms with Crippen LogP contribution in [0.5, 0.6) is 0 Å². The van der Waals surface area contributed by atoms with Crippen molar-refractivity contribution in [3.63, 3.8) is 0 Å². The minimum atomic E-state index is -4.64. The fourth-order valence-electron chi connectivity index (χ4n) is 4.40. The summed E-state index contributed by atoms with van der Waals surface area (Å²) < 4.78 is 71.7. The smallest absolute Gasteiger partial charge is 0.416 e. The van der Waals surface area contributed by atoms with Crippen LogP contribution in [-0.4, -0.2) is 49.3 Å². The molecule has 216 valence electrons. The third-order valence-corrected chi connectivity index (χ3v) is 8.37. The zero-order valence-corrected chi connectivity index (χ0v) is 24.1. The van der Waals surface area contributed by atoms with E-state index in [2.05, 4.69) is 4.98 Å². The van der Waals surface area contributed by atoms with Crippen molar-refractivity contribution in [3.8, 4) is 11.1 Å². The summed E-state index contributed by atoms with van der Waals surface area (Å²) >= 11 is 0. The lowest BCUT2D eigenvalue weighted by Gasteiger charge is -2.25. The number of hydrogen-bond acceptors (Lipinski definition) is 7. The minimum absolute atomic E-state index is 0.000153. The third kappa shape index (κ3) is 7.57. The number of carbonyl (C=O) groups excluding carboxylic acids is 1. The van der Waals surface area contributed by atoms with Gasteiger partial charge in [0.1, 0.15) is 6.61 Å². The van der Waals surface area contributed by atoms with Gasteiger partial charge in [0.15, 0.2) is 0 Å². The van der Waals surface area contributed by atoms with E-state index in [1.54, 1.807) is 27.7 Å². The zero-order chi connectivity index (χ0) is 29.5. The van der Waals surface area contributed by atoms with Crippen LogP contribution in [0.25, 0.3) is 11.1 Å². The van der Waals surface area contributed by atoms with Gasteiger partial charge in [-0.05, 0) is 58.0 Å². The minimum Gasteiger partial charge on any atom is -0.461 e. The topological polar surface area (TPSA) is 78.0 Å². The van der Waals surface area contributed by atoms with Gasteiger partial charge in [-0.25, -0.2) is 4.79 Å². The Bertz CT molecular complexity index is 1360. The number of pyridine rings is 1. The van der Waals surface area contributed by atoms with Crippen LogP contribution in [0, 0.1) is 13.8 Å². The molecule has 0 aliphatic rings. The Kier molecular flexibility index (Phi) is 10.7. The number of halogens is 3. The van der Waals surface area contributed by atoms with Crippen LogP contribution in [0.1, 0.15) is 46.7 Å². The predicted octanol–water partition coefficient (Wildman–Crippen LogP) is 6.56. The molecule has 0 saturated heterocycles. The van der Waals surface area contributed by atoms with Gasteiger partial charge in [0.25, 0.3) is 0 Å². The summed E-state index contributed by atoms with van der Waals surface area (Å²) in [6.07, 6.45) is -4.64. The first-order valence-corrected chi connectivity index (χ1v) is 14.4. The molecule has 0 spiro atoms. The lowest BCUT2D eigenvalue weighted by molar-refractivity contribution is -0.137. The molecule has 0 bridgehead atoms. The van der Waals surface area contributed by atoms with Crippen molar-refractivity contribution < 1.29 is 36.3 Å². The summed E-state index contributed by atoms with van der Waals surface area (Å²) in [7, 11) is -2.21. The lowest BCUT2D eigenvalue weighted by Crippen LogP contribution is -2.26. The number of esters is 1. The number of benzene rings is 2. The second kappa shape index (κ2) is 13.5. The average molecular weight is 579 g/mol. The number of alkyl halides is 3. The maximum Gasteiger partial charge on any atom is 0.416 e. The lowest BCUT2D eigenvalue weighted by atomic mass is 9.96. The molecule has 11 heteroatoms. The van der Waals surface area contributed by atoms with Crippen molar-refractivity contribution in [3.05, 3.63) is 82.7 Å². The van der Waals surface area contributed by atoms with Crippen LogP contribution in [-0.2, 0) is 31.1 Å². The SMILES string of the molecule is CCOP(=O)(OCC)c1c(C)nc(C)c(C(=O)OCCN(C)Cc2ccccc2)c1-c1cccc(C(F)(F)F)c1. The molecule has 0 unspecified atom stereocenters. The molecule has 3 aromatic rings. The Morgan fingerprint density at radius 3 is 2.23 bits per heavy atom. The number of likely N-dealkylation sites (N-methyl/N-ethyl adjacent to an activating group) is 1. The van der Waals surface area contributed by atoms with Crippen LogP contribution in [0.3, 0.4) is 0 Å². The molecule has 0 fully saturated rings. The fraction of sp³-hybridized carbons (Fsp3) is 0.379. The van der Waals surface area contributed by atoms with Gasteiger partial charge in [0.2, 0.25) is 0 Å². The molecular weight excluding hydrogens is 544 g/mol. The van der Waals surface area contributed by atoms with E-state index < -0.39 is 25.3 Å². The van der Waals surface area contributed by atoms with Crippen molar-refractivity contribution in [2.75, 3.05) is 33.4 Å². The van der Waals surface area contributed by atoms with Crippen LogP contribution in [0.4, 0.5) is 13.2 Å². The Labute approximate surface area is 232 Å². The molecule has 0 saturated carbocycles. The summed E-state index contributed by atoms with van der Waals surface area (Å²) in [6.45, 7) is 7.40. The first-order valence-electron chi connectivity index (χ1n) is 12.9. The molecule has 0 amide bonds. The molecular formula is C29H34F3N2O5P. The second-order valence-electron chi connectivity index (χ2n) is 9.15. The Balaban J connectivity index is 2.07. The van der Waals surface area contributed by atoms with Gasteiger partial charge in [-0.15, -0.1) is 0 Å². The highest BCUT2D eigenvalue weighted by atomic mass is 31.2. The molecule has 0 N–H and O–H groups in total. The summed E-state index contributed by atoms with van der Waals surface area (Å²) in [4.78, 5) is 19.9. The molecule has 40 heavy (non-hydrogen) atoms.